The number of carbonyl (C=O) groups excluding carboxylic acids is 1. The molecule has 0 saturated heterocycles. The Morgan fingerprint density at radius 1 is 1.53 bits per heavy atom. The number of nitrogen functional groups attached to an aromatic ring is 1. The molecule has 0 aliphatic carbocycles. The van der Waals surface area contributed by atoms with E-state index in [0.29, 0.717) is 22.9 Å². The number of carbonyl (C=O) groups is 1. The fourth-order valence-electron chi connectivity index (χ4n) is 1.22. The minimum absolute atomic E-state index is 0.198. The van der Waals surface area contributed by atoms with Crippen molar-refractivity contribution in [2.75, 3.05) is 12.3 Å². The maximum absolute atomic E-state index is 11.7. The molecule has 0 saturated carbocycles. The van der Waals surface area contributed by atoms with Crippen LogP contribution in [0.15, 0.2) is 0 Å². The SMILES string of the molecule is CCOC(=O)c1c(C(C)(C)C)nsc1N. The standard InChI is InChI=1S/C10H16N2O2S/c1-5-14-9(13)6-7(10(2,3)4)12-15-8(6)11/h5,11H2,1-4H3. The lowest BCUT2D eigenvalue weighted by atomic mass is 9.89. The van der Waals surface area contributed by atoms with Crippen LogP contribution in [0.1, 0.15) is 43.7 Å². The molecule has 0 spiro atoms. The highest BCUT2D eigenvalue weighted by molar-refractivity contribution is 7.10. The fraction of sp³-hybridized carbons (Fsp3) is 0.600. The highest BCUT2D eigenvalue weighted by atomic mass is 32.1. The first-order chi connectivity index (χ1) is 6.88. The van der Waals surface area contributed by atoms with Crippen molar-refractivity contribution in [2.24, 2.45) is 0 Å². The largest absolute Gasteiger partial charge is 0.462 e. The number of esters is 1. The van der Waals surface area contributed by atoms with Crippen molar-refractivity contribution >= 4 is 22.5 Å². The Morgan fingerprint density at radius 3 is 2.60 bits per heavy atom. The molecule has 4 nitrogen and oxygen atoms in total. The molecule has 0 aliphatic rings. The summed E-state index contributed by atoms with van der Waals surface area (Å²) in [6, 6.07) is 0. The molecule has 1 aromatic rings. The molecule has 1 rings (SSSR count). The molecule has 0 fully saturated rings. The van der Waals surface area contributed by atoms with E-state index in [2.05, 4.69) is 4.37 Å². The van der Waals surface area contributed by atoms with Gasteiger partial charge in [-0.1, -0.05) is 20.8 Å². The van der Waals surface area contributed by atoms with Crippen molar-refractivity contribution in [1.82, 2.24) is 4.37 Å². The second-order valence-electron chi connectivity index (χ2n) is 4.24. The molecular weight excluding hydrogens is 212 g/mol. The summed E-state index contributed by atoms with van der Waals surface area (Å²) in [5.74, 6) is -0.381. The number of hydrogen-bond donors (Lipinski definition) is 1. The van der Waals surface area contributed by atoms with E-state index >= 15 is 0 Å². The van der Waals surface area contributed by atoms with E-state index in [9.17, 15) is 4.79 Å². The number of ether oxygens (including phenoxy) is 1. The summed E-state index contributed by atoms with van der Waals surface area (Å²) in [4.78, 5) is 11.7. The molecular formula is C10H16N2O2S. The van der Waals surface area contributed by atoms with Gasteiger partial charge in [-0.2, -0.15) is 4.37 Å². The van der Waals surface area contributed by atoms with E-state index in [0.717, 1.165) is 11.5 Å². The van der Waals surface area contributed by atoms with Crippen molar-refractivity contribution < 1.29 is 9.53 Å². The Kier molecular flexibility index (Phi) is 3.34. The Hall–Kier alpha value is -1.10. The van der Waals surface area contributed by atoms with Gasteiger partial charge in [0.25, 0.3) is 0 Å². The summed E-state index contributed by atoms with van der Waals surface area (Å²) in [7, 11) is 0. The van der Waals surface area contributed by atoms with Crippen LogP contribution in [0, 0.1) is 0 Å². The van der Waals surface area contributed by atoms with E-state index in [4.69, 9.17) is 10.5 Å². The van der Waals surface area contributed by atoms with Crippen molar-refractivity contribution in [3.63, 3.8) is 0 Å². The van der Waals surface area contributed by atoms with Crippen LogP contribution in [-0.2, 0) is 10.2 Å². The van der Waals surface area contributed by atoms with E-state index in [1.54, 1.807) is 6.92 Å². The van der Waals surface area contributed by atoms with Gasteiger partial charge in [-0.15, -0.1) is 0 Å². The van der Waals surface area contributed by atoms with Gasteiger partial charge in [0.2, 0.25) is 0 Å². The van der Waals surface area contributed by atoms with Gasteiger partial charge in [-0.3, -0.25) is 0 Å². The minimum Gasteiger partial charge on any atom is -0.462 e. The molecule has 0 amide bonds. The normalized spacial score (nSPS) is 11.5. The maximum atomic E-state index is 11.7. The van der Waals surface area contributed by atoms with E-state index in [1.165, 1.54) is 0 Å². The van der Waals surface area contributed by atoms with Crippen LogP contribution < -0.4 is 5.73 Å². The molecule has 0 aliphatic heterocycles. The highest BCUT2D eigenvalue weighted by Gasteiger charge is 2.28. The summed E-state index contributed by atoms with van der Waals surface area (Å²) in [6.07, 6.45) is 0. The highest BCUT2D eigenvalue weighted by Crippen LogP contribution is 2.31. The molecule has 0 unspecified atom stereocenters. The van der Waals surface area contributed by atoms with Gasteiger partial charge >= 0.3 is 5.97 Å². The monoisotopic (exact) mass is 228 g/mol. The van der Waals surface area contributed by atoms with E-state index in [1.807, 2.05) is 20.8 Å². The zero-order chi connectivity index (χ0) is 11.6. The lowest BCUT2D eigenvalue weighted by Gasteiger charge is -2.16. The Morgan fingerprint density at radius 2 is 2.13 bits per heavy atom. The third-order valence-corrected chi connectivity index (χ3v) is 2.58. The van der Waals surface area contributed by atoms with Crippen LogP contribution in [0.4, 0.5) is 5.00 Å². The van der Waals surface area contributed by atoms with Gasteiger partial charge < -0.3 is 10.5 Å². The fourth-order valence-corrected chi connectivity index (χ4v) is 2.04. The summed E-state index contributed by atoms with van der Waals surface area (Å²) < 4.78 is 9.16. The quantitative estimate of drug-likeness (QED) is 0.788. The Labute approximate surface area is 93.6 Å². The first-order valence-electron chi connectivity index (χ1n) is 4.80. The van der Waals surface area contributed by atoms with Crippen LogP contribution in [0.3, 0.4) is 0 Å². The third kappa shape index (κ3) is 2.47. The molecule has 1 heterocycles. The molecule has 15 heavy (non-hydrogen) atoms. The molecule has 0 radical (unpaired) electrons. The molecule has 5 heteroatoms. The number of nitrogens with zero attached hydrogens (tertiary/aromatic N) is 1. The van der Waals surface area contributed by atoms with Crippen LogP contribution in [0.2, 0.25) is 0 Å². The van der Waals surface area contributed by atoms with Crippen LogP contribution in [0.25, 0.3) is 0 Å². The van der Waals surface area contributed by atoms with E-state index in [-0.39, 0.29) is 11.4 Å². The van der Waals surface area contributed by atoms with Gasteiger partial charge in [0.1, 0.15) is 10.6 Å². The second kappa shape index (κ2) is 4.18. The van der Waals surface area contributed by atoms with Crippen molar-refractivity contribution in [2.45, 2.75) is 33.1 Å². The lowest BCUT2D eigenvalue weighted by molar-refractivity contribution is 0.0525. The zero-order valence-corrected chi connectivity index (χ0v) is 10.3. The average molecular weight is 228 g/mol. The smallest absolute Gasteiger partial charge is 0.343 e. The maximum Gasteiger partial charge on any atom is 0.343 e. The number of hydrogen-bond acceptors (Lipinski definition) is 5. The molecule has 0 atom stereocenters. The van der Waals surface area contributed by atoms with E-state index < -0.39 is 0 Å². The number of aromatic nitrogens is 1. The summed E-state index contributed by atoms with van der Waals surface area (Å²) in [6.45, 7) is 8.08. The minimum atomic E-state index is -0.381. The second-order valence-corrected chi connectivity index (χ2v) is 5.05. The van der Waals surface area contributed by atoms with Crippen molar-refractivity contribution in [3.05, 3.63) is 11.3 Å². The average Bonchev–Trinajstić information content (AvgIpc) is 2.46. The number of anilines is 1. The summed E-state index contributed by atoms with van der Waals surface area (Å²) in [5, 5.41) is 0.429. The predicted octanol–water partition coefficient (Wildman–Crippen LogP) is 2.20. The molecule has 0 aromatic carbocycles. The first kappa shape index (κ1) is 12.0. The molecule has 84 valence electrons. The first-order valence-corrected chi connectivity index (χ1v) is 5.58. The molecule has 2 N–H and O–H groups in total. The Balaban J connectivity index is 3.16. The number of nitrogens with two attached hydrogens (primary N) is 1. The van der Waals surface area contributed by atoms with Crippen molar-refractivity contribution in [1.29, 1.82) is 0 Å². The van der Waals surface area contributed by atoms with Gasteiger partial charge in [-0.05, 0) is 18.5 Å². The lowest BCUT2D eigenvalue weighted by Crippen LogP contribution is -2.18. The number of rotatable bonds is 2. The Bertz CT molecular complexity index is 366. The van der Waals surface area contributed by atoms with Crippen LogP contribution >= 0.6 is 11.5 Å². The van der Waals surface area contributed by atoms with Gasteiger partial charge in [0, 0.05) is 5.41 Å². The van der Waals surface area contributed by atoms with Gasteiger partial charge in [0.05, 0.1) is 12.3 Å². The van der Waals surface area contributed by atoms with Crippen molar-refractivity contribution in [3.8, 4) is 0 Å². The van der Waals surface area contributed by atoms with Crippen LogP contribution in [-0.4, -0.2) is 16.9 Å². The zero-order valence-electron chi connectivity index (χ0n) is 9.46. The van der Waals surface area contributed by atoms with Gasteiger partial charge in [0.15, 0.2) is 0 Å². The predicted molar refractivity (Wildman–Crippen MR) is 61.2 cm³/mol. The molecule has 1 aromatic heterocycles. The topological polar surface area (TPSA) is 65.2 Å². The summed E-state index contributed by atoms with van der Waals surface area (Å²) >= 11 is 1.14. The summed E-state index contributed by atoms with van der Waals surface area (Å²) in [5.41, 5.74) is 6.66. The molecule has 0 bridgehead atoms. The third-order valence-electron chi connectivity index (χ3n) is 1.91. The van der Waals surface area contributed by atoms with Gasteiger partial charge in [-0.25, -0.2) is 4.79 Å². The van der Waals surface area contributed by atoms with Crippen LogP contribution in [0.5, 0.6) is 0 Å².